The first kappa shape index (κ1) is 12.6. The molecule has 0 fully saturated rings. The molecule has 17 heavy (non-hydrogen) atoms. The summed E-state index contributed by atoms with van der Waals surface area (Å²) in [4.78, 5) is 1.75. The number of hydrogen-bond acceptors (Lipinski definition) is 3. The predicted octanol–water partition coefficient (Wildman–Crippen LogP) is 3.38. The molecule has 0 aromatic carbocycles. The van der Waals surface area contributed by atoms with Gasteiger partial charge in [0, 0.05) is 12.3 Å². The average Bonchev–Trinajstić information content (AvgIpc) is 2.74. The van der Waals surface area contributed by atoms with Crippen LogP contribution in [0, 0.1) is 0 Å². The quantitative estimate of drug-likeness (QED) is 0.830. The Bertz CT molecular complexity index is 443. The lowest BCUT2D eigenvalue weighted by Gasteiger charge is -2.22. The van der Waals surface area contributed by atoms with Crippen LogP contribution in [0.25, 0.3) is 0 Å². The maximum absolute atomic E-state index is 12.7. The summed E-state index contributed by atoms with van der Waals surface area (Å²) in [5.41, 5.74) is -0.833. The van der Waals surface area contributed by atoms with Gasteiger partial charge in [0.2, 0.25) is 0 Å². The van der Waals surface area contributed by atoms with Crippen LogP contribution in [0.5, 0.6) is 0 Å². The average molecular weight is 284 g/mol. The highest BCUT2D eigenvalue weighted by Crippen LogP contribution is 2.32. The third kappa shape index (κ3) is 2.71. The largest absolute Gasteiger partial charge is 0.433 e. The minimum absolute atomic E-state index is 0.0340. The molecule has 1 aliphatic rings. The SMILES string of the molecule is CC1SC=CN1Cn1nc(Cl)cc1C(F)(F)F. The van der Waals surface area contributed by atoms with Gasteiger partial charge in [0.25, 0.3) is 0 Å². The Kier molecular flexibility index (Phi) is 3.31. The Morgan fingerprint density at radius 2 is 2.24 bits per heavy atom. The highest BCUT2D eigenvalue weighted by Gasteiger charge is 2.36. The Hall–Kier alpha value is -0.820. The second kappa shape index (κ2) is 4.45. The summed E-state index contributed by atoms with van der Waals surface area (Å²) >= 11 is 7.05. The molecular weight excluding hydrogens is 275 g/mol. The molecule has 2 heterocycles. The van der Waals surface area contributed by atoms with E-state index in [1.165, 1.54) is 11.8 Å². The molecule has 0 saturated heterocycles. The van der Waals surface area contributed by atoms with Crippen LogP contribution in [-0.4, -0.2) is 20.1 Å². The van der Waals surface area contributed by atoms with E-state index in [9.17, 15) is 13.2 Å². The molecule has 0 amide bonds. The fraction of sp³-hybridized carbons (Fsp3) is 0.444. The zero-order valence-corrected chi connectivity index (χ0v) is 10.4. The van der Waals surface area contributed by atoms with Gasteiger partial charge in [0.05, 0.1) is 5.37 Å². The van der Waals surface area contributed by atoms with Gasteiger partial charge in [0.1, 0.15) is 12.4 Å². The lowest BCUT2D eigenvalue weighted by molar-refractivity contribution is -0.145. The van der Waals surface area contributed by atoms with E-state index in [4.69, 9.17) is 11.6 Å². The van der Waals surface area contributed by atoms with Crippen LogP contribution in [0.15, 0.2) is 17.7 Å². The summed E-state index contributed by atoms with van der Waals surface area (Å²) in [7, 11) is 0. The fourth-order valence-electron chi connectivity index (χ4n) is 1.46. The van der Waals surface area contributed by atoms with E-state index in [0.717, 1.165) is 10.7 Å². The topological polar surface area (TPSA) is 21.1 Å². The lowest BCUT2D eigenvalue weighted by atomic mass is 10.4. The van der Waals surface area contributed by atoms with Crippen LogP contribution in [0.1, 0.15) is 12.6 Å². The van der Waals surface area contributed by atoms with Crippen molar-refractivity contribution >= 4 is 23.4 Å². The van der Waals surface area contributed by atoms with Gasteiger partial charge in [-0.3, -0.25) is 0 Å². The van der Waals surface area contributed by atoms with E-state index < -0.39 is 11.9 Å². The Morgan fingerprint density at radius 3 is 2.76 bits per heavy atom. The van der Waals surface area contributed by atoms with E-state index in [2.05, 4.69) is 5.10 Å². The van der Waals surface area contributed by atoms with E-state index in [0.29, 0.717) is 0 Å². The van der Waals surface area contributed by atoms with Crippen LogP contribution in [0.3, 0.4) is 0 Å². The van der Waals surface area contributed by atoms with Crippen LogP contribution >= 0.6 is 23.4 Å². The Labute approximate surface area is 105 Å². The van der Waals surface area contributed by atoms with E-state index in [1.54, 1.807) is 11.1 Å². The predicted molar refractivity (Wildman–Crippen MR) is 60.3 cm³/mol. The molecule has 3 nitrogen and oxygen atoms in total. The van der Waals surface area contributed by atoms with Crippen molar-refractivity contribution in [1.29, 1.82) is 0 Å². The van der Waals surface area contributed by atoms with Crippen molar-refractivity contribution in [2.24, 2.45) is 0 Å². The summed E-state index contributed by atoms with van der Waals surface area (Å²) in [5, 5.41) is 5.43. The van der Waals surface area contributed by atoms with Crippen LogP contribution in [-0.2, 0) is 12.8 Å². The van der Waals surface area contributed by atoms with Crippen molar-refractivity contribution in [2.45, 2.75) is 25.1 Å². The Morgan fingerprint density at radius 1 is 1.53 bits per heavy atom. The maximum Gasteiger partial charge on any atom is 0.433 e. The lowest BCUT2D eigenvalue weighted by Crippen LogP contribution is -2.28. The molecular formula is C9H9ClF3N3S. The number of rotatable bonds is 2. The van der Waals surface area contributed by atoms with Gasteiger partial charge in [-0.1, -0.05) is 11.6 Å². The first-order valence-electron chi connectivity index (χ1n) is 4.76. The van der Waals surface area contributed by atoms with Crippen molar-refractivity contribution < 1.29 is 13.2 Å². The first-order valence-corrected chi connectivity index (χ1v) is 6.08. The van der Waals surface area contributed by atoms with Crippen LogP contribution in [0.2, 0.25) is 5.15 Å². The Balaban J connectivity index is 2.23. The minimum Gasteiger partial charge on any atom is -0.346 e. The summed E-state index contributed by atoms with van der Waals surface area (Å²) in [6.07, 6.45) is -2.70. The molecule has 0 aliphatic carbocycles. The smallest absolute Gasteiger partial charge is 0.346 e. The summed E-state index contributed by atoms with van der Waals surface area (Å²) in [5.74, 6) is 0. The van der Waals surface area contributed by atoms with Gasteiger partial charge < -0.3 is 4.90 Å². The van der Waals surface area contributed by atoms with Crippen molar-refractivity contribution in [3.8, 4) is 0 Å². The van der Waals surface area contributed by atoms with Crippen molar-refractivity contribution in [1.82, 2.24) is 14.7 Å². The number of thioether (sulfide) groups is 1. The van der Waals surface area contributed by atoms with Crippen LogP contribution < -0.4 is 0 Å². The molecule has 1 aromatic heterocycles. The maximum atomic E-state index is 12.7. The molecule has 0 N–H and O–H groups in total. The van der Waals surface area contributed by atoms with Crippen molar-refractivity contribution in [3.63, 3.8) is 0 Å². The summed E-state index contributed by atoms with van der Waals surface area (Å²) in [6, 6.07) is 0.832. The first-order chi connectivity index (χ1) is 7.88. The second-order valence-electron chi connectivity index (χ2n) is 3.53. The molecule has 1 unspecified atom stereocenters. The minimum atomic E-state index is -4.44. The summed E-state index contributed by atoms with van der Waals surface area (Å²) < 4.78 is 38.9. The molecule has 8 heteroatoms. The fourth-order valence-corrected chi connectivity index (χ4v) is 2.41. The third-order valence-corrected chi connectivity index (χ3v) is 3.46. The van der Waals surface area contributed by atoms with Gasteiger partial charge >= 0.3 is 6.18 Å². The number of alkyl halides is 3. The van der Waals surface area contributed by atoms with E-state index >= 15 is 0 Å². The molecule has 1 atom stereocenters. The molecule has 0 spiro atoms. The molecule has 94 valence electrons. The van der Waals surface area contributed by atoms with E-state index in [1.807, 2.05) is 12.3 Å². The number of halogens is 4. The van der Waals surface area contributed by atoms with Gasteiger partial charge in [-0.25, -0.2) is 4.68 Å². The summed E-state index contributed by atoms with van der Waals surface area (Å²) in [6.45, 7) is 1.94. The van der Waals surface area contributed by atoms with Gasteiger partial charge in [-0.05, 0) is 12.3 Å². The molecule has 1 aliphatic heterocycles. The number of aromatic nitrogens is 2. The highest BCUT2D eigenvalue weighted by molar-refractivity contribution is 8.02. The molecule has 1 aromatic rings. The van der Waals surface area contributed by atoms with Gasteiger partial charge in [-0.15, -0.1) is 11.8 Å². The zero-order valence-electron chi connectivity index (χ0n) is 8.78. The molecule has 0 radical (unpaired) electrons. The van der Waals surface area contributed by atoms with Crippen LogP contribution in [0.4, 0.5) is 13.2 Å². The highest BCUT2D eigenvalue weighted by atomic mass is 35.5. The number of nitrogens with zero attached hydrogens (tertiary/aromatic N) is 3. The van der Waals surface area contributed by atoms with E-state index in [-0.39, 0.29) is 17.2 Å². The molecule has 0 saturated carbocycles. The zero-order chi connectivity index (χ0) is 12.6. The van der Waals surface area contributed by atoms with Gasteiger partial charge in [-0.2, -0.15) is 18.3 Å². The standard InChI is InChI=1S/C9H9ClF3N3S/c1-6-15(2-3-17-6)5-16-7(9(11,12)13)4-8(10)14-16/h2-4,6H,5H2,1H3. The normalized spacial score (nSPS) is 20.3. The number of hydrogen-bond donors (Lipinski definition) is 0. The third-order valence-electron chi connectivity index (χ3n) is 2.33. The van der Waals surface area contributed by atoms with Gasteiger partial charge in [0.15, 0.2) is 5.15 Å². The monoisotopic (exact) mass is 283 g/mol. The molecule has 2 rings (SSSR count). The molecule has 0 bridgehead atoms. The van der Waals surface area contributed by atoms with Crippen molar-refractivity contribution in [2.75, 3.05) is 0 Å². The van der Waals surface area contributed by atoms with Crippen molar-refractivity contribution in [3.05, 3.63) is 28.5 Å². The second-order valence-corrected chi connectivity index (χ2v) is 5.14.